The average molecular weight is 379 g/mol. The number of likely N-dealkylation sites (tertiary alicyclic amines) is 1. The van der Waals surface area contributed by atoms with Crippen LogP contribution in [0.3, 0.4) is 0 Å². The van der Waals surface area contributed by atoms with Crippen molar-refractivity contribution in [3.63, 3.8) is 0 Å². The lowest BCUT2D eigenvalue weighted by atomic mass is 10.00. The summed E-state index contributed by atoms with van der Waals surface area (Å²) in [5.74, 6) is 0. The summed E-state index contributed by atoms with van der Waals surface area (Å²) in [7, 11) is 0. The molecule has 2 saturated heterocycles. The topological polar surface area (TPSA) is 86.3 Å². The molecule has 2 aliphatic rings. The summed E-state index contributed by atoms with van der Waals surface area (Å²) in [4.78, 5) is 18.3. The quantitative estimate of drug-likeness (QED) is 0.309. The molecule has 2 fully saturated rings. The highest BCUT2D eigenvalue weighted by Crippen LogP contribution is 2.20. The van der Waals surface area contributed by atoms with Gasteiger partial charge in [0.05, 0.1) is 19.8 Å². The zero-order chi connectivity index (χ0) is 17.9. The van der Waals surface area contributed by atoms with Gasteiger partial charge in [-0.3, -0.25) is 9.80 Å². The van der Waals surface area contributed by atoms with Gasteiger partial charge in [-0.1, -0.05) is 6.42 Å². The minimum absolute atomic E-state index is 0.170. The standard InChI is InChI=1S/C16H31ClN4O4/c17-19-15(22)21-8-2-1-4-14(21)5-11-25-16(23)18-6-3-7-20-9-12-24-13-10-20/h14-15,19,22H,1-13H2,(H,18,23). The highest BCUT2D eigenvalue weighted by molar-refractivity contribution is 6.13. The molecule has 0 spiro atoms. The molecule has 0 bridgehead atoms. The van der Waals surface area contributed by atoms with Crippen molar-refractivity contribution in [2.75, 3.05) is 52.5 Å². The minimum atomic E-state index is -0.860. The number of morpholine rings is 1. The van der Waals surface area contributed by atoms with Crippen LogP contribution in [0.15, 0.2) is 0 Å². The number of aliphatic hydroxyl groups is 1. The Morgan fingerprint density at radius 1 is 1.32 bits per heavy atom. The number of nitrogens with one attached hydrogen (secondary N) is 2. The molecular weight excluding hydrogens is 348 g/mol. The van der Waals surface area contributed by atoms with Gasteiger partial charge in [-0.15, -0.1) is 0 Å². The summed E-state index contributed by atoms with van der Waals surface area (Å²) in [5.41, 5.74) is 0. The highest BCUT2D eigenvalue weighted by atomic mass is 35.5. The van der Waals surface area contributed by atoms with Crippen LogP contribution >= 0.6 is 11.8 Å². The van der Waals surface area contributed by atoms with Gasteiger partial charge in [0.1, 0.15) is 0 Å². The van der Waals surface area contributed by atoms with E-state index in [-0.39, 0.29) is 12.1 Å². The molecule has 2 aliphatic heterocycles. The molecule has 0 aromatic heterocycles. The Hall–Kier alpha value is -0.640. The molecule has 2 heterocycles. The van der Waals surface area contributed by atoms with Crippen LogP contribution in [0.1, 0.15) is 32.1 Å². The van der Waals surface area contributed by atoms with Crippen LogP contribution in [0, 0.1) is 0 Å². The van der Waals surface area contributed by atoms with Gasteiger partial charge in [-0.25, -0.2) is 4.79 Å². The molecule has 8 nitrogen and oxygen atoms in total. The van der Waals surface area contributed by atoms with Crippen molar-refractivity contribution in [2.45, 2.75) is 44.5 Å². The van der Waals surface area contributed by atoms with E-state index in [2.05, 4.69) is 15.1 Å². The summed E-state index contributed by atoms with van der Waals surface area (Å²) in [6.07, 6.45) is 3.48. The molecule has 0 radical (unpaired) electrons. The van der Waals surface area contributed by atoms with E-state index in [1.807, 2.05) is 4.90 Å². The highest BCUT2D eigenvalue weighted by Gasteiger charge is 2.27. The Balaban J connectivity index is 1.53. The van der Waals surface area contributed by atoms with Crippen molar-refractivity contribution in [3.8, 4) is 0 Å². The number of aliphatic hydroxyl groups excluding tert-OH is 1. The molecule has 2 unspecified atom stereocenters. The van der Waals surface area contributed by atoms with Crippen LogP contribution in [-0.4, -0.2) is 85.9 Å². The monoisotopic (exact) mass is 378 g/mol. The number of ether oxygens (including phenoxy) is 2. The van der Waals surface area contributed by atoms with E-state index in [0.29, 0.717) is 19.6 Å². The van der Waals surface area contributed by atoms with Crippen molar-refractivity contribution in [1.82, 2.24) is 20.0 Å². The summed E-state index contributed by atoms with van der Waals surface area (Å²) >= 11 is 5.51. The number of hydrogen-bond acceptors (Lipinski definition) is 7. The first-order valence-corrected chi connectivity index (χ1v) is 9.59. The number of alkyl carbamates (subject to hydrolysis) is 1. The predicted molar refractivity (Wildman–Crippen MR) is 95.2 cm³/mol. The molecular formula is C16H31ClN4O4. The van der Waals surface area contributed by atoms with Crippen molar-refractivity contribution < 1.29 is 19.4 Å². The zero-order valence-electron chi connectivity index (χ0n) is 14.8. The molecule has 0 aliphatic carbocycles. The smallest absolute Gasteiger partial charge is 0.407 e. The number of rotatable bonds is 9. The lowest BCUT2D eigenvalue weighted by Gasteiger charge is -2.37. The Morgan fingerprint density at radius 2 is 2.12 bits per heavy atom. The molecule has 146 valence electrons. The SMILES string of the molecule is O=C(NCCCN1CCOCC1)OCCC1CCCCN1C(O)NCl. The minimum Gasteiger partial charge on any atom is -0.450 e. The molecule has 0 aromatic rings. The van der Waals surface area contributed by atoms with E-state index in [1.54, 1.807) is 0 Å². The Bertz CT molecular complexity index is 385. The Labute approximate surface area is 154 Å². The van der Waals surface area contributed by atoms with Gasteiger partial charge in [-0.2, -0.15) is 4.84 Å². The van der Waals surface area contributed by atoms with Crippen LogP contribution in [0.5, 0.6) is 0 Å². The first-order valence-electron chi connectivity index (χ1n) is 9.21. The molecule has 2 rings (SSSR count). The summed E-state index contributed by atoms with van der Waals surface area (Å²) in [5, 5.41) is 12.7. The average Bonchev–Trinajstić information content (AvgIpc) is 2.66. The van der Waals surface area contributed by atoms with Crippen LogP contribution in [0.4, 0.5) is 4.79 Å². The van der Waals surface area contributed by atoms with Crippen LogP contribution in [0.2, 0.25) is 0 Å². The molecule has 1 amide bonds. The second-order valence-electron chi connectivity index (χ2n) is 6.53. The molecule has 0 saturated carbocycles. The van der Waals surface area contributed by atoms with E-state index in [9.17, 15) is 9.90 Å². The summed E-state index contributed by atoms with van der Waals surface area (Å²) < 4.78 is 10.6. The number of halogens is 1. The summed E-state index contributed by atoms with van der Waals surface area (Å²) in [6, 6.07) is 0.170. The first kappa shape index (κ1) is 20.7. The van der Waals surface area contributed by atoms with Gasteiger partial charge >= 0.3 is 6.09 Å². The maximum atomic E-state index is 11.7. The molecule has 2 atom stereocenters. The third-order valence-corrected chi connectivity index (χ3v) is 4.99. The van der Waals surface area contributed by atoms with Crippen molar-refractivity contribution >= 4 is 17.9 Å². The van der Waals surface area contributed by atoms with E-state index in [1.165, 1.54) is 0 Å². The van der Waals surface area contributed by atoms with E-state index in [0.717, 1.165) is 65.1 Å². The van der Waals surface area contributed by atoms with Gasteiger partial charge in [0.15, 0.2) is 6.35 Å². The van der Waals surface area contributed by atoms with Gasteiger partial charge in [0.25, 0.3) is 0 Å². The van der Waals surface area contributed by atoms with Gasteiger partial charge in [-0.05, 0) is 44.0 Å². The fraction of sp³-hybridized carbons (Fsp3) is 0.938. The lowest BCUT2D eigenvalue weighted by Crippen LogP contribution is -2.50. The fourth-order valence-corrected chi connectivity index (χ4v) is 3.50. The third kappa shape index (κ3) is 7.64. The number of hydrogen-bond donors (Lipinski definition) is 3. The number of piperidine rings is 1. The van der Waals surface area contributed by atoms with Crippen molar-refractivity contribution in [3.05, 3.63) is 0 Å². The second kappa shape index (κ2) is 11.9. The Kier molecular flexibility index (Phi) is 9.82. The maximum Gasteiger partial charge on any atom is 0.407 e. The second-order valence-corrected chi connectivity index (χ2v) is 6.75. The van der Waals surface area contributed by atoms with Crippen LogP contribution in [-0.2, 0) is 9.47 Å². The van der Waals surface area contributed by atoms with Crippen molar-refractivity contribution in [2.24, 2.45) is 0 Å². The lowest BCUT2D eigenvalue weighted by molar-refractivity contribution is -0.0525. The normalized spacial score (nSPS) is 24.0. The largest absolute Gasteiger partial charge is 0.450 e. The third-order valence-electron chi connectivity index (χ3n) is 4.79. The predicted octanol–water partition coefficient (Wildman–Crippen LogP) is 0.699. The summed E-state index contributed by atoms with van der Waals surface area (Å²) in [6.45, 7) is 6.22. The van der Waals surface area contributed by atoms with E-state index < -0.39 is 6.35 Å². The number of carbonyl (C=O) groups is 1. The maximum absolute atomic E-state index is 11.7. The number of carbonyl (C=O) groups excluding carboxylic acids is 1. The fourth-order valence-electron chi connectivity index (χ4n) is 3.37. The van der Waals surface area contributed by atoms with E-state index in [4.69, 9.17) is 21.3 Å². The van der Waals surface area contributed by atoms with Gasteiger partial charge < -0.3 is 19.9 Å². The van der Waals surface area contributed by atoms with Crippen LogP contribution in [0.25, 0.3) is 0 Å². The first-order chi connectivity index (χ1) is 12.2. The van der Waals surface area contributed by atoms with Gasteiger partial charge in [0.2, 0.25) is 0 Å². The van der Waals surface area contributed by atoms with Crippen LogP contribution < -0.4 is 10.2 Å². The number of amides is 1. The van der Waals surface area contributed by atoms with E-state index >= 15 is 0 Å². The Morgan fingerprint density at radius 3 is 2.88 bits per heavy atom. The molecule has 9 heteroatoms. The van der Waals surface area contributed by atoms with Gasteiger partial charge in [0, 0.05) is 32.2 Å². The molecule has 3 N–H and O–H groups in total. The zero-order valence-corrected chi connectivity index (χ0v) is 15.5. The molecule has 25 heavy (non-hydrogen) atoms. The number of nitrogens with zero attached hydrogens (tertiary/aromatic N) is 2. The molecule has 0 aromatic carbocycles. The van der Waals surface area contributed by atoms with Crippen molar-refractivity contribution in [1.29, 1.82) is 0 Å².